The van der Waals surface area contributed by atoms with Gasteiger partial charge < -0.3 is 31.2 Å². The van der Waals surface area contributed by atoms with Crippen LogP contribution in [-0.4, -0.2) is 87.2 Å². The highest BCUT2D eigenvalue weighted by atomic mass is 16.2. The van der Waals surface area contributed by atoms with Crippen LogP contribution in [0.5, 0.6) is 0 Å². The van der Waals surface area contributed by atoms with Crippen LogP contribution in [0.1, 0.15) is 157 Å². The van der Waals surface area contributed by atoms with Crippen LogP contribution in [0, 0.1) is 31.1 Å². The molecule has 0 unspecified atom stereocenters. The number of rotatable bonds is 14. The topological polar surface area (TPSA) is 187 Å². The van der Waals surface area contributed by atoms with Gasteiger partial charge in [0.15, 0.2) is 5.78 Å². The molecule has 3 saturated carbocycles. The number of amides is 5. The highest BCUT2D eigenvalue weighted by Crippen LogP contribution is 2.41. The first-order valence-electron chi connectivity index (χ1n) is 20.3. The number of nitrogens with zero attached hydrogens (tertiary/aromatic N) is 1. The Morgan fingerprint density at radius 3 is 2.11 bits per heavy atom. The van der Waals surface area contributed by atoms with E-state index in [0.717, 1.165) is 70.6 Å². The zero-order chi connectivity index (χ0) is 39.5. The lowest BCUT2D eigenvalue weighted by Crippen LogP contribution is -2.63. The maximum Gasteiger partial charge on any atom is 0.289 e. The van der Waals surface area contributed by atoms with Crippen molar-refractivity contribution in [2.24, 2.45) is 17.3 Å². The second-order valence-electron chi connectivity index (χ2n) is 17.4. The first kappa shape index (κ1) is 41.1. The molecule has 4 aliphatic rings. The molecule has 0 radical (unpaired) electrons. The standard InChI is InChI=1S/C41H62N6O7/c1-8-14-28(34(49)39(53)43-27-19-20-27)44-36(50)30-21-26-17-12-13-18-29(26)47(30)40(54)35(41(5,6)7)46-37(51)32(25-15-10-9-11-16-25)45-38(52)33-31(24(4)48)22(2)23(3)42-33/h25-30,32,35,42H,8-21H2,1-7H3,(H,43,53)(H,44,50)(H,45,52)(H,46,51)/t26-,28-,29-,30-,32-,35+/m0/s1. The normalized spacial score (nSPS) is 23.4. The molecule has 1 aromatic rings. The number of likely N-dealkylation sites (tertiary alicyclic amines) is 1. The van der Waals surface area contributed by atoms with Crippen LogP contribution in [0.3, 0.4) is 0 Å². The van der Waals surface area contributed by atoms with E-state index >= 15 is 0 Å². The van der Waals surface area contributed by atoms with Crippen molar-refractivity contribution >= 4 is 41.1 Å². The third-order valence-electron chi connectivity index (χ3n) is 12.2. The summed E-state index contributed by atoms with van der Waals surface area (Å²) in [5.41, 5.74) is 1.01. The van der Waals surface area contributed by atoms with Crippen molar-refractivity contribution in [3.63, 3.8) is 0 Å². The predicted molar refractivity (Wildman–Crippen MR) is 203 cm³/mol. The second kappa shape index (κ2) is 17.2. The van der Waals surface area contributed by atoms with Gasteiger partial charge in [0, 0.05) is 17.8 Å². The van der Waals surface area contributed by atoms with Crippen molar-refractivity contribution in [1.82, 2.24) is 31.2 Å². The SMILES string of the molecule is CCC[C@H](NC(=O)[C@@H]1C[C@@H]2CCCC[C@@H]2N1C(=O)[C@@H](NC(=O)[C@@H](NC(=O)c1[nH]c(C)c(C)c1C(C)=O)C1CCCCC1)C(C)(C)C)C(=O)C(=O)NC1CC1. The summed E-state index contributed by atoms with van der Waals surface area (Å²) in [5, 5.41) is 11.6. The van der Waals surface area contributed by atoms with Gasteiger partial charge in [0.2, 0.25) is 23.5 Å². The van der Waals surface area contributed by atoms with E-state index in [9.17, 15) is 33.6 Å². The highest BCUT2D eigenvalue weighted by molar-refractivity contribution is 6.38. The predicted octanol–water partition coefficient (Wildman–Crippen LogP) is 4.34. The average Bonchev–Trinajstić information content (AvgIpc) is 3.77. The van der Waals surface area contributed by atoms with E-state index in [1.807, 2.05) is 27.7 Å². The van der Waals surface area contributed by atoms with E-state index in [1.54, 1.807) is 18.7 Å². The summed E-state index contributed by atoms with van der Waals surface area (Å²) in [6, 6.07) is -4.08. The lowest BCUT2D eigenvalue weighted by Gasteiger charge is -2.40. The van der Waals surface area contributed by atoms with Crippen molar-refractivity contribution < 1.29 is 33.6 Å². The molecule has 5 rings (SSSR count). The van der Waals surface area contributed by atoms with Crippen LogP contribution in [0.15, 0.2) is 0 Å². The fraction of sp³-hybridized carbons (Fsp3) is 0.732. The van der Waals surface area contributed by atoms with Crippen LogP contribution in [-0.2, 0) is 24.0 Å². The van der Waals surface area contributed by atoms with Crippen molar-refractivity contribution in [2.45, 2.75) is 175 Å². The number of aromatic amines is 1. The zero-order valence-corrected chi connectivity index (χ0v) is 33.3. The van der Waals surface area contributed by atoms with Gasteiger partial charge >= 0.3 is 0 Å². The van der Waals surface area contributed by atoms with Gasteiger partial charge in [-0.2, -0.15) is 0 Å². The van der Waals surface area contributed by atoms with Crippen molar-refractivity contribution in [3.8, 4) is 0 Å². The summed E-state index contributed by atoms with van der Waals surface area (Å²) in [6.45, 7) is 12.5. The first-order valence-corrected chi connectivity index (χ1v) is 20.3. The summed E-state index contributed by atoms with van der Waals surface area (Å²) in [7, 11) is 0. The third-order valence-corrected chi connectivity index (χ3v) is 12.2. The fourth-order valence-electron chi connectivity index (χ4n) is 8.92. The van der Waals surface area contributed by atoms with E-state index in [4.69, 9.17) is 0 Å². The minimum Gasteiger partial charge on any atom is -0.354 e. The molecule has 6 atom stereocenters. The van der Waals surface area contributed by atoms with Gasteiger partial charge in [0.25, 0.3) is 11.8 Å². The van der Waals surface area contributed by atoms with Gasteiger partial charge in [-0.3, -0.25) is 33.6 Å². The molecule has 1 aromatic heterocycles. The Hall–Kier alpha value is -4.03. The second-order valence-corrected chi connectivity index (χ2v) is 17.4. The molecule has 0 spiro atoms. The minimum absolute atomic E-state index is 0.000881. The number of ketones is 2. The lowest BCUT2D eigenvalue weighted by molar-refractivity contribution is -0.147. The van der Waals surface area contributed by atoms with Gasteiger partial charge in [0.1, 0.15) is 23.8 Å². The summed E-state index contributed by atoms with van der Waals surface area (Å²) in [4.78, 5) is 101. The lowest BCUT2D eigenvalue weighted by atomic mass is 9.81. The summed E-state index contributed by atoms with van der Waals surface area (Å²) >= 11 is 0. The summed E-state index contributed by atoms with van der Waals surface area (Å²) in [5.74, 6) is -3.59. The van der Waals surface area contributed by atoms with Crippen LogP contribution in [0.2, 0.25) is 0 Å². The number of aromatic nitrogens is 1. The third kappa shape index (κ3) is 9.25. The maximum absolute atomic E-state index is 15.0. The number of carbonyl (C=O) groups is 7. The number of H-pyrrole nitrogens is 1. The fourth-order valence-corrected chi connectivity index (χ4v) is 8.92. The largest absolute Gasteiger partial charge is 0.354 e. The molecular formula is C41H62N6O7. The smallest absolute Gasteiger partial charge is 0.289 e. The van der Waals surface area contributed by atoms with E-state index in [1.165, 1.54) is 6.92 Å². The van der Waals surface area contributed by atoms with Gasteiger partial charge in [-0.25, -0.2) is 0 Å². The van der Waals surface area contributed by atoms with E-state index in [0.29, 0.717) is 36.1 Å². The number of aryl methyl sites for hydroxylation is 1. The molecule has 13 heteroatoms. The summed E-state index contributed by atoms with van der Waals surface area (Å²) < 4.78 is 0. The van der Waals surface area contributed by atoms with Crippen LogP contribution in [0.25, 0.3) is 0 Å². The molecule has 5 amide bonds. The number of hydrogen-bond donors (Lipinski definition) is 5. The molecule has 5 N–H and O–H groups in total. The number of nitrogens with one attached hydrogen (secondary N) is 5. The Morgan fingerprint density at radius 2 is 1.50 bits per heavy atom. The van der Waals surface area contributed by atoms with Crippen LogP contribution in [0.4, 0.5) is 0 Å². The molecule has 2 heterocycles. The Bertz CT molecular complexity index is 1620. The Morgan fingerprint density at radius 1 is 0.852 bits per heavy atom. The molecular weight excluding hydrogens is 688 g/mol. The summed E-state index contributed by atoms with van der Waals surface area (Å²) in [6.07, 6.45) is 10.7. The molecule has 4 fully saturated rings. The van der Waals surface area contributed by atoms with E-state index < -0.39 is 59.0 Å². The van der Waals surface area contributed by atoms with Crippen molar-refractivity contribution in [3.05, 3.63) is 22.5 Å². The van der Waals surface area contributed by atoms with Crippen molar-refractivity contribution in [2.75, 3.05) is 0 Å². The number of Topliss-reactive ketones (excluding diaryl/α,β-unsaturated/α-hetero) is 2. The molecule has 1 saturated heterocycles. The molecule has 3 aliphatic carbocycles. The monoisotopic (exact) mass is 750 g/mol. The molecule has 54 heavy (non-hydrogen) atoms. The van der Waals surface area contributed by atoms with Gasteiger partial charge in [-0.15, -0.1) is 0 Å². The number of hydrogen-bond acceptors (Lipinski definition) is 7. The molecule has 0 aromatic carbocycles. The highest BCUT2D eigenvalue weighted by Gasteiger charge is 2.51. The van der Waals surface area contributed by atoms with Gasteiger partial charge in [-0.05, 0) is 95.0 Å². The minimum atomic E-state index is -1.04. The van der Waals surface area contributed by atoms with E-state index in [2.05, 4.69) is 26.3 Å². The van der Waals surface area contributed by atoms with Crippen LogP contribution < -0.4 is 21.3 Å². The molecule has 1 aliphatic heterocycles. The molecule has 0 bridgehead atoms. The van der Waals surface area contributed by atoms with Gasteiger partial charge in [0.05, 0.1) is 11.6 Å². The molecule has 13 nitrogen and oxygen atoms in total. The number of carbonyl (C=O) groups excluding carboxylic acids is 7. The van der Waals surface area contributed by atoms with E-state index in [-0.39, 0.29) is 41.3 Å². The van der Waals surface area contributed by atoms with Crippen molar-refractivity contribution in [1.29, 1.82) is 0 Å². The maximum atomic E-state index is 15.0. The number of fused-ring (bicyclic) bond motifs is 1. The Balaban J connectivity index is 1.41. The van der Waals surface area contributed by atoms with Crippen LogP contribution >= 0.6 is 0 Å². The first-order chi connectivity index (χ1) is 25.5. The Kier molecular flexibility index (Phi) is 13.1. The van der Waals surface area contributed by atoms with Gasteiger partial charge in [-0.1, -0.05) is 66.2 Å². The Labute approximate surface area is 319 Å². The zero-order valence-electron chi connectivity index (χ0n) is 33.3. The average molecular weight is 751 g/mol. The molecule has 298 valence electrons. The quantitative estimate of drug-likeness (QED) is 0.138.